The minimum Gasteiger partial charge on any atom is -0.411 e. The van der Waals surface area contributed by atoms with Gasteiger partial charge in [0.25, 0.3) is 5.22 Å². The van der Waals surface area contributed by atoms with E-state index in [1.165, 1.54) is 28.7 Å². The van der Waals surface area contributed by atoms with Gasteiger partial charge in [-0.2, -0.15) is 0 Å². The van der Waals surface area contributed by atoms with E-state index in [-0.39, 0.29) is 5.91 Å². The summed E-state index contributed by atoms with van der Waals surface area (Å²) in [5, 5.41) is 13.3. The molecule has 0 bridgehead atoms. The molecule has 152 valence electrons. The predicted octanol–water partition coefficient (Wildman–Crippen LogP) is 4.94. The van der Waals surface area contributed by atoms with Crippen molar-refractivity contribution in [3.8, 4) is 22.7 Å². The van der Waals surface area contributed by atoms with E-state index in [9.17, 15) is 4.79 Å². The lowest BCUT2D eigenvalue weighted by molar-refractivity contribution is -0.115. The van der Waals surface area contributed by atoms with Crippen LogP contribution < -0.4 is 5.32 Å². The Morgan fingerprint density at radius 2 is 2.03 bits per heavy atom. The van der Waals surface area contributed by atoms with Crippen LogP contribution in [-0.2, 0) is 11.2 Å². The van der Waals surface area contributed by atoms with Gasteiger partial charge in [0.15, 0.2) is 5.13 Å². The Balaban J connectivity index is 1.37. The zero-order valence-corrected chi connectivity index (χ0v) is 18.0. The molecule has 0 radical (unpaired) electrons. The van der Waals surface area contributed by atoms with Gasteiger partial charge in [0.1, 0.15) is 0 Å². The first-order valence-electron chi connectivity index (χ1n) is 9.38. The third kappa shape index (κ3) is 4.74. The molecule has 1 amide bonds. The lowest BCUT2D eigenvalue weighted by Crippen LogP contribution is -2.22. The number of nitrogens with zero attached hydrogens (tertiary/aromatic N) is 4. The maximum Gasteiger partial charge on any atom is 0.277 e. The number of aryl methyl sites for hydroxylation is 1. The Morgan fingerprint density at radius 3 is 2.77 bits per heavy atom. The van der Waals surface area contributed by atoms with Crippen LogP contribution in [0.5, 0.6) is 0 Å². The van der Waals surface area contributed by atoms with Crippen LogP contribution in [0.15, 0.2) is 63.8 Å². The molecule has 4 rings (SSSR count). The lowest BCUT2D eigenvalue weighted by Gasteiger charge is -2.07. The van der Waals surface area contributed by atoms with E-state index < -0.39 is 5.25 Å². The van der Waals surface area contributed by atoms with Gasteiger partial charge in [-0.15, -0.1) is 21.5 Å². The third-order valence-corrected chi connectivity index (χ3v) is 6.05. The summed E-state index contributed by atoms with van der Waals surface area (Å²) in [6, 6.07) is 11.9. The number of rotatable bonds is 7. The number of carbonyl (C=O) groups is 1. The molecule has 1 atom stereocenters. The van der Waals surface area contributed by atoms with Crippen LogP contribution in [0.25, 0.3) is 22.7 Å². The summed E-state index contributed by atoms with van der Waals surface area (Å²) in [5.74, 6) is 0.195. The Hall–Kier alpha value is -3.04. The maximum atomic E-state index is 12.6. The number of nitrogens with one attached hydrogen (secondary N) is 1. The molecule has 4 aromatic rings. The number of benzene rings is 1. The molecule has 0 aliphatic carbocycles. The smallest absolute Gasteiger partial charge is 0.277 e. The Kier molecular flexibility index (Phi) is 6.20. The fourth-order valence-electron chi connectivity index (χ4n) is 2.65. The number of amides is 1. The quantitative estimate of drug-likeness (QED) is 0.409. The van der Waals surface area contributed by atoms with Crippen LogP contribution in [-0.4, -0.2) is 31.3 Å². The number of carbonyl (C=O) groups excluding carboxylic acids is 1. The lowest BCUT2D eigenvalue weighted by atomic mass is 10.1. The first-order valence-corrected chi connectivity index (χ1v) is 11.1. The second kappa shape index (κ2) is 9.19. The van der Waals surface area contributed by atoms with Crippen molar-refractivity contribution in [1.82, 2.24) is 20.2 Å². The highest BCUT2D eigenvalue weighted by atomic mass is 32.2. The van der Waals surface area contributed by atoms with Crippen LogP contribution in [0.1, 0.15) is 19.4 Å². The number of pyridine rings is 1. The van der Waals surface area contributed by atoms with Gasteiger partial charge in [-0.1, -0.05) is 43.0 Å². The third-order valence-electron chi connectivity index (χ3n) is 4.35. The first-order chi connectivity index (χ1) is 14.6. The van der Waals surface area contributed by atoms with E-state index in [2.05, 4.69) is 44.5 Å². The maximum absolute atomic E-state index is 12.6. The van der Waals surface area contributed by atoms with E-state index in [4.69, 9.17) is 4.42 Å². The molecule has 7 nitrogen and oxygen atoms in total. The fraction of sp³-hybridized carbons (Fsp3) is 0.190. The zero-order chi connectivity index (χ0) is 20.9. The van der Waals surface area contributed by atoms with Gasteiger partial charge >= 0.3 is 0 Å². The van der Waals surface area contributed by atoms with Crippen molar-refractivity contribution in [2.24, 2.45) is 0 Å². The monoisotopic (exact) mass is 437 g/mol. The van der Waals surface area contributed by atoms with Crippen molar-refractivity contribution in [1.29, 1.82) is 0 Å². The standard InChI is InChI=1S/C21H19N5O2S2/c1-3-14-6-8-15(9-7-14)17-12-29-20(23-17)24-18(27)13(2)30-21-26-25-19(28-21)16-5-4-10-22-11-16/h4-13H,3H2,1-2H3,(H,23,24,27)/t13-/m1/s1. The van der Waals surface area contributed by atoms with Crippen molar-refractivity contribution in [2.75, 3.05) is 5.32 Å². The van der Waals surface area contributed by atoms with E-state index in [1.807, 2.05) is 23.6 Å². The van der Waals surface area contributed by atoms with Crippen molar-refractivity contribution in [3.63, 3.8) is 0 Å². The van der Waals surface area contributed by atoms with E-state index in [0.717, 1.165) is 23.2 Å². The van der Waals surface area contributed by atoms with Crippen LogP contribution in [0.3, 0.4) is 0 Å². The zero-order valence-electron chi connectivity index (χ0n) is 16.4. The van der Waals surface area contributed by atoms with Gasteiger partial charge in [0, 0.05) is 23.3 Å². The first kappa shape index (κ1) is 20.2. The molecule has 0 saturated carbocycles. The van der Waals surface area contributed by atoms with Crippen molar-refractivity contribution in [3.05, 3.63) is 59.7 Å². The largest absolute Gasteiger partial charge is 0.411 e. The second-order valence-electron chi connectivity index (χ2n) is 6.45. The average Bonchev–Trinajstić information content (AvgIpc) is 3.44. The molecule has 0 unspecified atom stereocenters. The average molecular weight is 438 g/mol. The summed E-state index contributed by atoms with van der Waals surface area (Å²) in [7, 11) is 0. The Morgan fingerprint density at radius 1 is 1.20 bits per heavy atom. The van der Waals surface area contributed by atoms with Gasteiger partial charge in [-0.3, -0.25) is 9.78 Å². The van der Waals surface area contributed by atoms with Crippen molar-refractivity contribution < 1.29 is 9.21 Å². The number of hydrogen-bond donors (Lipinski definition) is 1. The summed E-state index contributed by atoms with van der Waals surface area (Å²) in [6.07, 6.45) is 4.32. The summed E-state index contributed by atoms with van der Waals surface area (Å²) >= 11 is 2.59. The summed E-state index contributed by atoms with van der Waals surface area (Å²) < 4.78 is 5.63. The van der Waals surface area contributed by atoms with Gasteiger partial charge in [-0.25, -0.2) is 4.98 Å². The Bertz CT molecular complexity index is 1130. The van der Waals surface area contributed by atoms with E-state index in [1.54, 1.807) is 25.4 Å². The molecule has 0 aliphatic rings. The van der Waals surface area contributed by atoms with Gasteiger partial charge in [-0.05, 0) is 31.0 Å². The number of aromatic nitrogens is 4. The molecule has 0 aliphatic heterocycles. The van der Waals surface area contributed by atoms with E-state index >= 15 is 0 Å². The highest BCUT2D eigenvalue weighted by Gasteiger charge is 2.20. The molecular formula is C21H19N5O2S2. The molecule has 9 heteroatoms. The molecule has 0 fully saturated rings. The molecule has 0 spiro atoms. The van der Waals surface area contributed by atoms with Crippen LogP contribution in [0, 0.1) is 0 Å². The fourth-order valence-corrected chi connectivity index (χ4v) is 4.06. The molecule has 1 N–H and O–H groups in total. The molecule has 1 aromatic carbocycles. The number of hydrogen-bond acceptors (Lipinski definition) is 8. The normalized spacial score (nSPS) is 11.9. The Labute approximate surface area is 182 Å². The highest BCUT2D eigenvalue weighted by molar-refractivity contribution is 8.00. The minimum absolute atomic E-state index is 0.177. The summed E-state index contributed by atoms with van der Waals surface area (Å²) in [5.41, 5.74) is 3.88. The van der Waals surface area contributed by atoms with E-state index in [0.29, 0.717) is 16.2 Å². The van der Waals surface area contributed by atoms with Gasteiger partial charge in [0.2, 0.25) is 11.8 Å². The van der Waals surface area contributed by atoms with Crippen LogP contribution >= 0.6 is 23.1 Å². The summed E-state index contributed by atoms with van der Waals surface area (Å²) in [4.78, 5) is 21.1. The van der Waals surface area contributed by atoms with Crippen LogP contribution in [0.2, 0.25) is 0 Å². The second-order valence-corrected chi connectivity index (χ2v) is 8.60. The summed E-state index contributed by atoms with van der Waals surface area (Å²) in [6.45, 7) is 3.91. The molecule has 3 aromatic heterocycles. The molecule has 3 heterocycles. The van der Waals surface area contributed by atoms with Crippen LogP contribution in [0.4, 0.5) is 5.13 Å². The van der Waals surface area contributed by atoms with Crippen molar-refractivity contribution in [2.45, 2.75) is 30.7 Å². The minimum atomic E-state index is -0.427. The van der Waals surface area contributed by atoms with Gasteiger partial charge < -0.3 is 9.73 Å². The predicted molar refractivity (Wildman–Crippen MR) is 118 cm³/mol. The molecular weight excluding hydrogens is 418 g/mol. The SMILES string of the molecule is CCc1ccc(-c2csc(NC(=O)[C@@H](C)Sc3nnc(-c4cccnc4)o3)n2)cc1. The van der Waals surface area contributed by atoms with Gasteiger partial charge in [0.05, 0.1) is 16.5 Å². The number of anilines is 1. The number of thioether (sulfide) groups is 1. The number of thiazole rings is 1. The van der Waals surface area contributed by atoms with Crippen molar-refractivity contribution >= 4 is 34.1 Å². The topological polar surface area (TPSA) is 93.8 Å². The highest BCUT2D eigenvalue weighted by Crippen LogP contribution is 2.28. The molecule has 30 heavy (non-hydrogen) atoms. The molecule has 0 saturated heterocycles.